The molecule has 0 bridgehead atoms. The lowest BCUT2D eigenvalue weighted by Gasteiger charge is -2.31. The number of hydrogen-bond acceptors (Lipinski definition) is 5. The first kappa shape index (κ1) is 17.6. The lowest BCUT2D eigenvalue weighted by molar-refractivity contribution is 0.268. The Balaban J connectivity index is 1.48. The van der Waals surface area contributed by atoms with E-state index in [1.54, 1.807) is 10.5 Å². The van der Waals surface area contributed by atoms with Crippen molar-refractivity contribution in [2.75, 3.05) is 18.8 Å². The van der Waals surface area contributed by atoms with Crippen molar-refractivity contribution in [3.05, 3.63) is 57.8 Å². The average Bonchev–Trinajstić information content (AvgIpc) is 2.65. The summed E-state index contributed by atoms with van der Waals surface area (Å²) < 4.78 is 0. The second kappa shape index (κ2) is 7.80. The molecule has 136 valence electrons. The predicted molar refractivity (Wildman–Crippen MR) is 108 cm³/mol. The highest BCUT2D eigenvalue weighted by Gasteiger charge is 2.21. The van der Waals surface area contributed by atoms with Gasteiger partial charge in [0, 0.05) is 42.7 Å². The molecule has 0 amide bonds. The van der Waals surface area contributed by atoms with Gasteiger partial charge in [-0.3, -0.25) is 4.90 Å². The highest BCUT2D eigenvalue weighted by atomic mass is 32.2. The Labute approximate surface area is 159 Å². The molecule has 2 heterocycles. The molecule has 0 atom stereocenters. The molecule has 0 saturated heterocycles. The number of benzene rings is 1. The Bertz CT molecular complexity index is 813. The minimum Gasteiger partial charge on any atom is -0.368 e. The van der Waals surface area contributed by atoms with Crippen molar-refractivity contribution in [3.63, 3.8) is 0 Å². The number of hydrogen-bond donors (Lipinski definition) is 1. The lowest BCUT2D eigenvalue weighted by Crippen LogP contribution is -2.33. The standard InChI is InChI=1S/C21H26N4S/c1-15-6-8-18(9-7-15)26-20-5-3-2-4-16(20)13-25-11-10-19-17(14-25)12-23-21(22)24-19/h6-9,12H,2-5,10-11,13-14H2,1H3,(H2,22,23,24). The third kappa shape index (κ3) is 4.10. The second-order valence-corrected chi connectivity index (χ2v) is 8.48. The molecule has 1 aromatic heterocycles. The maximum atomic E-state index is 5.72. The smallest absolute Gasteiger partial charge is 0.220 e. The van der Waals surface area contributed by atoms with E-state index in [1.807, 2.05) is 18.0 Å². The highest BCUT2D eigenvalue weighted by Crippen LogP contribution is 2.38. The van der Waals surface area contributed by atoms with Crippen LogP contribution in [-0.4, -0.2) is 28.0 Å². The summed E-state index contributed by atoms with van der Waals surface area (Å²) in [7, 11) is 0. The highest BCUT2D eigenvalue weighted by molar-refractivity contribution is 8.03. The summed E-state index contributed by atoms with van der Waals surface area (Å²) in [6.45, 7) is 5.19. The van der Waals surface area contributed by atoms with E-state index in [-0.39, 0.29) is 0 Å². The summed E-state index contributed by atoms with van der Waals surface area (Å²) >= 11 is 1.97. The molecular weight excluding hydrogens is 340 g/mol. The first-order valence-corrected chi connectivity index (χ1v) is 10.3. The fourth-order valence-corrected chi connectivity index (χ4v) is 4.89. The van der Waals surface area contributed by atoms with E-state index in [4.69, 9.17) is 5.73 Å². The summed E-state index contributed by atoms with van der Waals surface area (Å²) in [4.78, 5) is 14.1. The van der Waals surface area contributed by atoms with Crippen molar-refractivity contribution in [2.24, 2.45) is 0 Å². The molecule has 26 heavy (non-hydrogen) atoms. The van der Waals surface area contributed by atoms with Gasteiger partial charge < -0.3 is 5.73 Å². The quantitative estimate of drug-likeness (QED) is 0.872. The Kier molecular flexibility index (Phi) is 5.27. The van der Waals surface area contributed by atoms with Crippen molar-refractivity contribution in [1.82, 2.24) is 14.9 Å². The summed E-state index contributed by atoms with van der Waals surface area (Å²) in [6.07, 6.45) is 7.95. The molecule has 0 spiro atoms. The van der Waals surface area contributed by atoms with Crippen LogP contribution in [0.2, 0.25) is 0 Å². The van der Waals surface area contributed by atoms with E-state index in [0.717, 1.165) is 31.7 Å². The third-order valence-corrected chi connectivity index (χ3v) is 6.48. The van der Waals surface area contributed by atoms with Crippen LogP contribution < -0.4 is 5.73 Å². The number of thioether (sulfide) groups is 1. The number of aryl methyl sites for hydroxylation is 1. The molecule has 5 heteroatoms. The number of allylic oxidation sites excluding steroid dienone is 1. The summed E-state index contributed by atoms with van der Waals surface area (Å²) in [5.41, 5.74) is 11.0. The van der Waals surface area contributed by atoms with Gasteiger partial charge in [-0.15, -0.1) is 0 Å². The van der Waals surface area contributed by atoms with Gasteiger partial charge in [-0.25, -0.2) is 9.97 Å². The van der Waals surface area contributed by atoms with Crippen LogP contribution in [0.3, 0.4) is 0 Å². The van der Waals surface area contributed by atoms with Crippen LogP contribution in [-0.2, 0) is 13.0 Å². The average molecular weight is 367 g/mol. The van der Waals surface area contributed by atoms with Crippen LogP contribution in [0.4, 0.5) is 5.95 Å². The van der Waals surface area contributed by atoms with Crippen LogP contribution in [0.15, 0.2) is 45.8 Å². The van der Waals surface area contributed by atoms with Crippen molar-refractivity contribution in [3.8, 4) is 0 Å². The first-order chi connectivity index (χ1) is 12.7. The predicted octanol–water partition coefficient (Wildman–Crippen LogP) is 4.35. The van der Waals surface area contributed by atoms with Gasteiger partial charge >= 0.3 is 0 Å². The van der Waals surface area contributed by atoms with Crippen LogP contribution in [0.5, 0.6) is 0 Å². The molecular formula is C21H26N4S. The van der Waals surface area contributed by atoms with Crippen LogP contribution >= 0.6 is 11.8 Å². The number of nitrogens with zero attached hydrogens (tertiary/aromatic N) is 3. The zero-order valence-electron chi connectivity index (χ0n) is 15.4. The van der Waals surface area contributed by atoms with Gasteiger partial charge in [-0.1, -0.05) is 29.5 Å². The molecule has 0 radical (unpaired) electrons. The molecule has 1 aromatic carbocycles. The lowest BCUT2D eigenvalue weighted by atomic mass is 9.97. The SMILES string of the molecule is Cc1ccc(SC2=C(CN3CCc4nc(N)ncc4C3)CCCC2)cc1. The molecule has 1 aliphatic heterocycles. The molecule has 4 nitrogen and oxygen atoms in total. The van der Waals surface area contributed by atoms with Crippen LogP contribution in [0, 0.1) is 6.92 Å². The number of fused-ring (bicyclic) bond motifs is 1. The number of nitrogen functional groups attached to an aromatic ring is 1. The molecule has 0 fully saturated rings. The molecule has 0 unspecified atom stereocenters. The molecule has 1 aliphatic carbocycles. The number of rotatable bonds is 4. The number of aromatic nitrogens is 2. The largest absolute Gasteiger partial charge is 0.368 e. The monoisotopic (exact) mass is 366 g/mol. The van der Waals surface area contributed by atoms with Gasteiger partial charge in [0.15, 0.2) is 0 Å². The van der Waals surface area contributed by atoms with Gasteiger partial charge in [0.1, 0.15) is 0 Å². The van der Waals surface area contributed by atoms with Gasteiger partial charge in [-0.05, 0) is 55.2 Å². The summed E-state index contributed by atoms with van der Waals surface area (Å²) in [6, 6.07) is 8.91. The fourth-order valence-electron chi connectivity index (χ4n) is 3.77. The van der Waals surface area contributed by atoms with Gasteiger partial charge in [0.25, 0.3) is 0 Å². The van der Waals surface area contributed by atoms with Crippen molar-refractivity contribution >= 4 is 17.7 Å². The zero-order chi connectivity index (χ0) is 17.9. The third-order valence-electron chi connectivity index (χ3n) is 5.23. The number of anilines is 1. The maximum absolute atomic E-state index is 5.72. The molecule has 2 N–H and O–H groups in total. The Morgan fingerprint density at radius 3 is 2.77 bits per heavy atom. The van der Waals surface area contributed by atoms with E-state index in [9.17, 15) is 0 Å². The Hall–Kier alpha value is -1.85. The maximum Gasteiger partial charge on any atom is 0.220 e. The second-order valence-electron chi connectivity index (χ2n) is 7.31. The van der Waals surface area contributed by atoms with E-state index in [0.29, 0.717) is 5.95 Å². The minimum absolute atomic E-state index is 0.393. The summed E-state index contributed by atoms with van der Waals surface area (Å²) in [5.74, 6) is 0.393. The summed E-state index contributed by atoms with van der Waals surface area (Å²) in [5, 5.41) is 0. The van der Waals surface area contributed by atoms with Crippen molar-refractivity contribution in [2.45, 2.75) is 50.5 Å². The van der Waals surface area contributed by atoms with E-state index >= 15 is 0 Å². The molecule has 4 rings (SSSR count). The van der Waals surface area contributed by atoms with Crippen LogP contribution in [0.25, 0.3) is 0 Å². The van der Waals surface area contributed by atoms with Gasteiger partial charge in [0.2, 0.25) is 5.95 Å². The molecule has 2 aromatic rings. The fraction of sp³-hybridized carbons (Fsp3) is 0.429. The van der Waals surface area contributed by atoms with Gasteiger partial charge in [0.05, 0.1) is 5.69 Å². The minimum atomic E-state index is 0.393. The number of nitrogens with two attached hydrogens (primary N) is 1. The van der Waals surface area contributed by atoms with Crippen molar-refractivity contribution < 1.29 is 0 Å². The van der Waals surface area contributed by atoms with E-state index in [2.05, 4.69) is 46.1 Å². The van der Waals surface area contributed by atoms with E-state index < -0.39 is 0 Å². The van der Waals surface area contributed by atoms with Gasteiger partial charge in [-0.2, -0.15) is 0 Å². The topological polar surface area (TPSA) is 55.0 Å². The Morgan fingerprint density at radius 1 is 1.12 bits per heavy atom. The molecule has 0 saturated carbocycles. The first-order valence-electron chi connectivity index (χ1n) is 9.45. The van der Waals surface area contributed by atoms with E-state index in [1.165, 1.54) is 41.7 Å². The molecule has 2 aliphatic rings. The Morgan fingerprint density at radius 2 is 1.92 bits per heavy atom. The van der Waals surface area contributed by atoms with Crippen LogP contribution in [0.1, 0.15) is 42.5 Å². The normalized spacial score (nSPS) is 18.0. The zero-order valence-corrected chi connectivity index (χ0v) is 16.2. The van der Waals surface area contributed by atoms with Crippen molar-refractivity contribution in [1.29, 1.82) is 0 Å².